The number of rotatable bonds is 22. The number of benzene rings is 2. The van der Waals surface area contributed by atoms with Crippen LogP contribution in [0.5, 0.6) is 0 Å². The number of carboxylic acid groups (broad SMARTS) is 1. The Balaban J connectivity index is 2.15. The van der Waals surface area contributed by atoms with Crippen molar-refractivity contribution in [1.82, 2.24) is 26.9 Å². The Morgan fingerprint density at radius 1 is 0.873 bits per heavy atom. The van der Waals surface area contributed by atoms with Crippen LogP contribution in [0.2, 0.25) is 0 Å². The van der Waals surface area contributed by atoms with Crippen molar-refractivity contribution >= 4 is 52.9 Å². The highest BCUT2D eigenvalue weighted by Gasteiger charge is 2.31. The Bertz CT molecular complexity index is 1710. The number of nitro groups is 2. The van der Waals surface area contributed by atoms with E-state index in [-0.39, 0.29) is 42.7 Å². The van der Waals surface area contributed by atoms with E-state index < -0.39 is 88.0 Å². The highest BCUT2D eigenvalue weighted by molar-refractivity contribution is 5.99. The standard InChI is InChI=1S/C33H44N10O12/c1-4-19(2)27(39-29(47)21-9-6-5-7-10-21)32(50)55-41-25(16-17-26(44)45)31(49)36-20(3)28(46)38-24(11-8-18-35-33(34)40-43(53)54)30(48)37-22-12-14-23(15-13-22)42(51)52/h5-7,9-10,12-15,19-20,24-25,27,41H,4,8,11,16-18H2,1-3H3,(H,36,49)(H,37,48)(H,38,46)(H,39,47)(H,44,45)(H3,34,35,40)/t19-,20-,24-,25-,27-/m0/s1. The molecule has 0 spiro atoms. The zero-order valence-electron chi connectivity index (χ0n) is 30.2. The molecule has 22 nitrogen and oxygen atoms in total. The van der Waals surface area contributed by atoms with E-state index in [0.717, 1.165) is 12.1 Å². The largest absolute Gasteiger partial charge is 0.481 e. The van der Waals surface area contributed by atoms with Crippen molar-refractivity contribution in [2.45, 2.75) is 77.0 Å². The maximum Gasteiger partial charge on any atom is 0.347 e. The molecule has 22 heteroatoms. The fourth-order valence-corrected chi connectivity index (χ4v) is 4.65. The lowest BCUT2D eigenvalue weighted by Crippen LogP contribution is -2.55. The summed E-state index contributed by atoms with van der Waals surface area (Å²) >= 11 is 0. The SMILES string of the molecule is CC[C@H](C)[C@H](NC(=O)c1ccccc1)C(=O)ON[C@@H](CCC(=O)O)C(=O)N[C@@H](C)C(=O)N[C@@H](CCCN=C(N)N[N+](=O)[O-])C(=O)Nc1ccc([N+](=O)[O-])cc1. The zero-order chi connectivity index (χ0) is 41.1. The average molecular weight is 773 g/mol. The molecule has 4 amide bonds. The number of nitrogens with two attached hydrogens (primary N) is 1. The Labute approximate surface area is 314 Å². The Kier molecular flexibility index (Phi) is 18.1. The molecule has 0 saturated heterocycles. The molecule has 0 aliphatic carbocycles. The van der Waals surface area contributed by atoms with Gasteiger partial charge in [-0.25, -0.2) is 19.9 Å². The second-order valence-corrected chi connectivity index (χ2v) is 12.1. The van der Waals surface area contributed by atoms with Gasteiger partial charge in [-0.05, 0) is 56.4 Å². The number of nitro benzene ring substituents is 1. The molecule has 0 unspecified atom stereocenters. The van der Waals surface area contributed by atoms with E-state index in [0.29, 0.717) is 6.42 Å². The number of hydroxylamine groups is 1. The first-order chi connectivity index (χ1) is 26.0. The van der Waals surface area contributed by atoms with E-state index in [4.69, 9.17) is 10.6 Å². The molecule has 0 aliphatic rings. The van der Waals surface area contributed by atoms with E-state index >= 15 is 0 Å². The van der Waals surface area contributed by atoms with Gasteiger partial charge in [0, 0.05) is 36.3 Å². The van der Waals surface area contributed by atoms with Crippen LogP contribution in [0.3, 0.4) is 0 Å². The van der Waals surface area contributed by atoms with Crippen LogP contribution in [-0.4, -0.2) is 87.3 Å². The number of hydrogen-bond acceptors (Lipinski definition) is 13. The van der Waals surface area contributed by atoms with Crippen molar-refractivity contribution in [2.75, 3.05) is 11.9 Å². The third kappa shape index (κ3) is 15.8. The number of hydrogen-bond donors (Lipinski definition) is 8. The maximum absolute atomic E-state index is 13.3. The van der Waals surface area contributed by atoms with E-state index in [1.165, 1.54) is 19.1 Å². The monoisotopic (exact) mass is 772 g/mol. The van der Waals surface area contributed by atoms with E-state index in [1.807, 2.05) is 0 Å². The van der Waals surface area contributed by atoms with Crippen molar-refractivity contribution in [3.63, 3.8) is 0 Å². The van der Waals surface area contributed by atoms with Crippen molar-refractivity contribution in [3.05, 3.63) is 80.4 Å². The minimum atomic E-state index is -1.48. The van der Waals surface area contributed by atoms with Gasteiger partial charge in [0.05, 0.1) is 4.92 Å². The summed E-state index contributed by atoms with van der Waals surface area (Å²) in [6.45, 7) is 4.65. The average Bonchev–Trinajstić information content (AvgIpc) is 3.14. The van der Waals surface area contributed by atoms with Gasteiger partial charge in [0.1, 0.15) is 24.2 Å². The van der Waals surface area contributed by atoms with Gasteiger partial charge in [0.25, 0.3) is 17.6 Å². The molecule has 9 N–H and O–H groups in total. The molecular formula is C33H44N10O12. The minimum absolute atomic E-state index is 0.0788. The molecule has 0 fully saturated rings. The Hall–Kier alpha value is -6.71. The highest BCUT2D eigenvalue weighted by atomic mass is 16.7. The van der Waals surface area contributed by atoms with E-state index in [2.05, 4.69) is 31.7 Å². The van der Waals surface area contributed by atoms with Gasteiger partial charge in [-0.2, -0.15) is 0 Å². The molecule has 55 heavy (non-hydrogen) atoms. The number of hydrazine groups is 1. The van der Waals surface area contributed by atoms with Crippen LogP contribution >= 0.6 is 0 Å². The normalized spacial score (nSPS) is 13.8. The topological polar surface area (TPSA) is 329 Å². The molecule has 0 aliphatic heterocycles. The van der Waals surface area contributed by atoms with Crippen LogP contribution in [0.15, 0.2) is 59.6 Å². The first-order valence-electron chi connectivity index (χ1n) is 16.9. The number of guanidine groups is 1. The van der Waals surface area contributed by atoms with Gasteiger partial charge in [-0.1, -0.05) is 43.9 Å². The Morgan fingerprint density at radius 3 is 2.11 bits per heavy atom. The third-order valence-corrected chi connectivity index (χ3v) is 7.92. The molecule has 5 atom stereocenters. The predicted octanol–water partition coefficient (Wildman–Crippen LogP) is 0.525. The van der Waals surface area contributed by atoms with Gasteiger partial charge in [0.2, 0.25) is 17.7 Å². The number of nitrogens with zero attached hydrogens (tertiary/aromatic N) is 3. The number of nitrogens with one attached hydrogen (secondary N) is 6. The van der Waals surface area contributed by atoms with Crippen LogP contribution in [0, 0.1) is 26.1 Å². The summed E-state index contributed by atoms with van der Waals surface area (Å²) in [7, 11) is 0. The second kappa shape index (κ2) is 22.4. The van der Waals surface area contributed by atoms with Crippen molar-refractivity contribution in [2.24, 2.45) is 16.6 Å². The van der Waals surface area contributed by atoms with Crippen molar-refractivity contribution < 1.29 is 48.7 Å². The summed E-state index contributed by atoms with van der Waals surface area (Å²) in [5.41, 5.74) is 9.54. The molecule has 2 rings (SSSR count). The molecule has 0 radical (unpaired) electrons. The van der Waals surface area contributed by atoms with Gasteiger partial charge >= 0.3 is 11.9 Å². The molecule has 0 heterocycles. The summed E-state index contributed by atoms with van der Waals surface area (Å²) < 4.78 is 0. The van der Waals surface area contributed by atoms with Crippen LogP contribution in [0.4, 0.5) is 11.4 Å². The van der Waals surface area contributed by atoms with Crippen LogP contribution < -0.4 is 37.9 Å². The van der Waals surface area contributed by atoms with Gasteiger partial charge in [-0.3, -0.25) is 34.1 Å². The van der Waals surface area contributed by atoms with Crippen LogP contribution in [-0.2, 0) is 28.8 Å². The summed E-state index contributed by atoms with van der Waals surface area (Å²) in [5, 5.41) is 39.9. The lowest BCUT2D eigenvalue weighted by Gasteiger charge is -2.25. The third-order valence-electron chi connectivity index (χ3n) is 7.92. The summed E-state index contributed by atoms with van der Waals surface area (Å²) in [4.78, 5) is 107. The molecule has 2 aromatic rings. The number of amides is 4. The number of anilines is 1. The van der Waals surface area contributed by atoms with Crippen molar-refractivity contribution in [1.29, 1.82) is 0 Å². The molecule has 0 bridgehead atoms. The van der Waals surface area contributed by atoms with Gasteiger partial charge in [0.15, 0.2) is 5.03 Å². The lowest BCUT2D eigenvalue weighted by molar-refractivity contribution is -0.525. The van der Waals surface area contributed by atoms with E-state index in [1.54, 1.807) is 49.6 Å². The summed E-state index contributed by atoms with van der Waals surface area (Å²) in [6, 6.07) is 7.68. The van der Waals surface area contributed by atoms with Crippen LogP contribution in [0.25, 0.3) is 0 Å². The smallest absolute Gasteiger partial charge is 0.347 e. The minimum Gasteiger partial charge on any atom is -0.481 e. The first-order valence-corrected chi connectivity index (χ1v) is 16.9. The zero-order valence-corrected chi connectivity index (χ0v) is 30.2. The number of aliphatic carboxylic acids is 1. The fourth-order valence-electron chi connectivity index (χ4n) is 4.65. The predicted molar refractivity (Wildman–Crippen MR) is 194 cm³/mol. The Morgan fingerprint density at radius 2 is 1.53 bits per heavy atom. The maximum atomic E-state index is 13.3. The highest BCUT2D eigenvalue weighted by Crippen LogP contribution is 2.16. The summed E-state index contributed by atoms with van der Waals surface area (Å²) in [6.07, 6.45) is -0.482. The number of carbonyl (C=O) groups is 6. The van der Waals surface area contributed by atoms with Gasteiger partial charge in [-0.15, -0.1) is 5.48 Å². The number of non-ortho nitro benzene ring substituents is 1. The number of carboxylic acids is 1. The lowest BCUT2D eigenvalue weighted by atomic mass is 9.99. The molecule has 0 saturated carbocycles. The molecule has 2 aromatic carbocycles. The quantitative estimate of drug-likeness (QED) is 0.0266. The second-order valence-electron chi connectivity index (χ2n) is 12.1. The molecule has 0 aromatic heterocycles. The molecular weight excluding hydrogens is 728 g/mol. The molecule has 298 valence electrons. The number of aliphatic imine (C=N–C) groups is 1. The fraction of sp³-hybridized carbons (Fsp3) is 0.424. The van der Waals surface area contributed by atoms with E-state index in [9.17, 15) is 54.1 Å². The number of carbonyl (C=O) groups excluding carboxylic acids is 5. The van der Waals surface area contributed by atoms with Gasteiger partial charge < -0.3 is 36.9 Å². The summed E-state index contributed by atoms with van der Waals surface area (Å²) in [5.74, 6) is -6.27. The van der Waals surface area contributed by atoms with Crippen molar-refractivity contribution in [3.8, 4) is 0 Å². The van der Waals surface area contributed by atoms with Crippen LogP contribution in [0.1, 0.15) is 63.2 Å². The first kappa shape index (κ1) is 44.5.